The highest BCUT2D eigenvalue weighted by molar-refractivity contribution is 5.52. The molecule has 0 heterocycles. The lowest BCUT2D eigenvalue weighted by Gasteiger charge is -2.21. The summed E-state index contributed by atoms with van der Waals surface area (Å²) in [6.07, 6.45) is 7.55. The minimum Gasteiger partial charge on any atom is -0.243 e. The fourth-order valence-electron chi connectivity index (χ4n) is 1.29. The lowest BCUT2D eigenvalue weighted by molar-refractivity contribution is -0.490. The molecule has 1 heteroatoms. The van der Waals surface area contributed by atoms with Gasteiger partial charge in [0.2, 0.25) is 0 Å². The summed E-state index contributed by atoms with van der Waals surface area (Å²) < 4.78 is 2.27. The van der Waals surface area contributed by atoms with Crippen molar-refractivity contribution in [2.75, 3.05) is 13.6 Å². The van der Waals surface area contributed by atoms with Gasteiger partial charge in [-0.05, 0) is 18.8 Å². The minimum absolute atomic E-state index is 0.486. The predicted molar refractivity (Wildman–Crippen MR) is 60.7 cm³/mol. The zero-order chi connectivity index (χ0) is 10.3. The third-order valence-electron chi connectivity index (χ3n) is 2.66. The van der Waals surface area contributed by atoms with Crippen molar-refractivity contribution < 1.29 is 4.58 Å². The van der Waals surface area contributed by atoms with E-state index in [9.17, 15) is 0 Å². The van der Waals surface area contributed by atoms with E-state index in [0.717, 1.165) is 6.54 Å². The summed E-state index contributed by atoms with van der Waals surface area (Å²) in [5, 5.41) is 0. The monoisotopic (exact) mass is 184 g/mol. The molecular weight excluding hydrogens is 158 g/mol. The number of hydrogen-bond donors (Lipinski definition) is 0. The lowest BCUT2D eigenvalue weighted by atomic mass is 9.84. The van der Waals surface area contributed by atoms with Gasteiger partial charge in [0.1, 0.15) is 19.8 Å². The maximum Gasteiger partial charge on any atom is 0.139 e. The molecule has 0 bridgehead atoms. The molecule has 0 fully saturated rings. The highest BCUT2D eigenvalue weighted by atomic mass is 14.9. The van der Waals surface area contributed by atoms with Crippen molar-refractivity contribution >= 4 is 6.21 Å². The maximum absolute atomic E-state index is 2.36. The third-order valence-corrected chi connectivity index (χ3v) is 2.66. The van der Waals surface area contributed by atoms with E-state index in [-0.39, 0.29) is 0 Å². The van der Waals surface area contributed by atoms with Crippen LogP contribution in [0.3, 0.4) is 0 Å². The molecule has 0 saturated heterocycles. The Morgan fingerprint density at radius 1 is 1.23 bits per heavy atom. The van der Waals surface area contributed by atoms with E-state index in [0.29, 0.717) is 5.41 Å². The molecule has 0 saturated carbocycles. The Balaban J connectivity index is 3.87. The van der Waals surface area contributed by atoms with Gasteiger partial charge >= 0.3 is 0 Å². The minimum atomic E-state index is 0.486. The molecule has 0 spiro atoms. The number of hydrogen-bond acceptors (Lipinski definition) is 0. The molecule has 0 rings (SSSR count). The molecule has 0 radical (unpaired) electrons. The van der Waals surface area contributed by atoms with Gasteiger partial charge in [0.25, 0.3) is 0 Å². The van der Waals surface area contributed by atoms with Gasteiger partial charge in [-0.15, -0.1) is 0 Å². The Morgan fingerprint density at radius 3 is 2.31 bits per heavy atom. The molecule has 0 atom stereocenters. The van der Waals surface area contributed by atoms with Crippen LogP contribution in [0.25, 0.3) is 0 Å². The fourth-order valence-corrected chi connectivity index (χ4v) is 1.29. The summed E-state index contributed by atoms with van der Waals surface area (Å²) in [6, 6.07) is 0. The van der Waals surface area contributed by atoms with Gasteiger partial charge in [0.15, 0.2) is 0 Å². The quantitative estimate of drug-likeness (QED) is 0.440. The first kappa shape index (κ1) is 12.7. The van der Waals surface area contributed by atoms with Crippen molar-refractivity contribution in [3.8, 4) is 0 Å². The normalized spacial score (nSPS) is 13.5. The first-order chi connectivity index (χ1) is 6.02. The van der Waals surface area contributed by atoms with Crippen LogP contribution < -0.4 is 0 Å². The third kappa shape index (κ3) is 6.80. The van der Waals surface area contributed by atoms with Crippen LogP contribution in [0.2, 0.25) is 0 Å². The summed E-state index contributed by atoms with van der Waals surface area (Å²) in [5.74, 6) is 0. The van der Waals surface area contributed by atoms with Crippen molar-refractivity contribution in [1.82, 2.24) is 0 Å². The molecule has 78 valence electrons. The lowest BCUT2D eigenvalue weighted by Crippen LogP contribution is -2.16. The molecule has 1 nitrogen and oxygen atoms in total. The summed E-state index contributed by atoms with van der Waals surface area (Å²) in [5.41, 5.74) is 0.486. The number of rotatable bonds is 6. The number of unbranched alkanes of at least 4 members (excludes halogenated alkanes) is 1. The van der Waals surface area contributed by atoms with Crippen LogP contribution in [0.1, 0.15) is 53.4 Å². The smallest absolute Gasteiger partial charge is 0.139 e. The van der Waals surface area contributed by atoms with E-state index < -0.39 is 0 Å². The van der Waals surface area contributed by atoms with E-state index in [1.165, 1.54) is 25.7 Å². The van der Waals surface area contributed by atoms with Crippen LogP contribution in [0.15, 0.2) is 0 Å². The molecule has 0 aliphatic rings. The zero-order valence-electron chi connectivity index (χ0n) is 10.1. The Morgan fingerprint density at radius 2 is 1.85 bits per heavy atom. The van der Waals surface area contributed by atoms with Crippen molar-refractivity contribution in [2.24, 2.45) is 5.41 Å². The topological polar surface area (TPSA) is 3.01 Å². The van der Waals surface area contributed by atoms with E-state index >= 15 is 0 Å². The van der Waals surface area contributed by atoms with Crippen LogP contribution in [-0.2, 0) is 0 Å². The SMILES string of the molecule is CCCCC(C)(C)CC=[N+](C)CC. The Labute approximate surface area is 83.9 Å². The second-order valence-electron chi connectivity index (χ2n) is 4.73. The average Bonchev–Trinajstić information content (AvgIpc) is 2.11. The molecule has 0 aliphatic heterocycles. The highest BCUT2D eigenvalue weighted by Crippen LogP contribution is 2.25. The molecule has 13 heavy (non-hydrogen) atoms. The van der Waals surface area contributed by atoms with Crippen LogP contribution in [0, 0.1) is 5.41 Å². The predicted octanol–water partition coefficient (Wildman–Crippen LogP) is 3.33. The summed E-state index contributed by atoms with van der Waals surface area (Å²) >= 11 is 0. The highest BCUT2D eigenvalue weighted by Gasteiger charge is 2.17. The maximum atomic E-state index is 2.36. The Hall–Kier alpha value is -0.330. The Bertz CT molecular complexity index is 157. The van der Waals surface area contributed by atoms with Gasteiger partial charge in [0, 0.05) is 6.42 Å². The van der Waals surface area contributed by atoms with E-state index in [4.69, 9.17) is 0 Å². The van der Waals surface area contributed by atoms with Crippen LogP contribution in [0.5, 0.6) is 0 Å². The first-order valence-corrected chi connectivity index (χ1v) is 5.55. The molecule has 0 amide bonds. The van der Waals surface area contributed by atoms with Crippen LogP contribution >= 0.6 is 0 Å². The molecule has 0 aromatic carbocycles. The van der Waals surface area contributed by atoms with Crippen molar-refractivity contribution in [3.63, 3.8) is 0 Å². The van der Waals surface area contributed by atoms with Crippen molar-refractivity contribution in [3.05, 3.63) is 0 Å². The van der Waals surface area contributed by atoms with Gasteiger partial charge in [-0.25, -0.2) is 4.58 Å². The average molecular weight is 184 g/mol. The molecular formula is C12H26N+. The first-order valence-electron chi connectivity index (χ1n) is 5.55. The largest absolute Gasteiger partial charge is 0.243 e. The summed E-state index contributed by atoms with van der Waals surface area (Å²) in [4.78, 5) is 0. The van der Waals surface area contributed by atoms with Gasteiger partial charge in [-0.1, -0.05) is 33.6 Å². The molecule has 0 aliphatic carbocycles. The number of nitrogens with zero attached hydrogens (tertiary/aromatic N) is 1. The van der Waals surface area contributed by atoms with Gasteiger partial charge in [-0.2, -0.15) is 0 Å². The van der Waals surface area contributed by atoms with Gasteiger partial charge in [0.05, 0.1) is 0 Å². The van der Waals surface area contributed by atoms with E-state index in [2.05, 4.69) is 45.5 Å². The summed E-state index contributed by atoms with van der Waals surface area (Å²) in [7, 11) is 2.15. The standard InChI is InChI=1S/C12H26N/c1-6-8-9-12(3,4)10-11-13(5)7-2/h11H,6-10H2,1-5H3/q+1. The van der Waals surface area contributed by atoms with E-state index in [1.54, 1.807) is 0 Å². The van der Waals surface area contributed by atoms with Crippen molar-refractivity contribution in [2.45, 2.75) is 53.4 Å². The molecule has 0 unspecified atom stereocenters. The van der Waals surface area contributed by atoms with Crippen LogP contribution in [0.4, 0.5) is 0 Å². The van der Waals surface area contributed by atoms with Crippen molar-refractivity contribution in [1.29, 1.82) is 0 Å². The zero-order valence-corrected chi connectivity index (χ0v) is 10.1. The molecule has 0 aromatic rings. The van der Waals surface area contributed by atoms with Gasteiger partial charge < -0.3 is 0 Å². The molecule has 0 N–H and O–H groups in total. The van der Waals surface area contributed by atoms with E-state index in [1.807, 2.05) is 0 Å². The second-order valence-corrected chi connectivity index (χ2v) is 4.73. The van der Waals surface area contributed by atoms with Crippen LogP contribution in [-0.4, -0.2) is 24.4 Å². The fraction of sp³-hybridized carbons (Fsp3) is 0.917. The molecule has 0 aromatic heterocycles. The van der Waals surface area contributed by atoms with Gasteiger partial charge in [-0.3, -0.25) is 0 Å². The second kappa shape index (κ2) is 6.17. The Kier molecular flexibility index (Phi) is 6.02. The summed E-state index contributed by atoms with van der Waals surface area (Å²) in [6.45, 7) is 10.3.